The van der Waals surface area contributed by atoms with Crippen molar-refractivity contribution in [1.82, 2.24) is 24.6 Å². The van der Waals surface area contributed by atoms with Crippen LogP contribution in [-0.4, -0.2) is 57.5 Å². The Balaban J connectivity index is 1.73. The largest absolute Gasteiger partial charge is 0.421 e. The summed E-state index contributed by atoms with van der Waals surface area (Å²) in [5.41, 5.74) is -0.476. The van der Waals surface area contributed by atoms with E-state index in [1.807, 2.05) is 11.8 Å². The van der Waals surface area contributed by atoms with Gasteiger partial charge in [-0.2, -0.15) is 23.3 Å². The van der Waals surface area contributed by atoms with E-state index in [0.717, 1.165) is 13.1 Å². The molecular formula is C16H21F4N7. The van der Waals surface area contributed by atoms with Gasteiger partial charge >= 0.3 is 6.18 Å². The second-order valence-corrected chi connectivity index (χ2v) is 6.30. The molecule has 0 saturated carbocycles. The third-order valence-corrected chi connectivity index (χ3v) is 4.57. The van der Waals surface area contributed by atoms with Crippen LogP contribution in [0.2, 0.25) is 0 Å². The number of anilines is 3. The summed E-state index contributed by atoms with van der Waals surface area (Å²) in [5, 5.41) is 9.40. The van der Waals surface area contributed by atoms with Gasteiger partial charge in [0.15, 0.2) is 0 Å². The first-order chi connectivity index (χ1) is 12.8. The molecule has 0 amide bonds. The summed E-state index contributed by atoms with van der Waals surface area (Å²) in [4.78, 5) is 9.59. The second kappa shape index (κ2) is 7.67. The van der Waals surface area contributed by atoms with E-state index in [0.29, 0.717) is 24.8 Å². The predicted octanol–water partition coefficient (Wildman–Crippen LogP) is 3.08. The number of halogens is 4. The zero-order chi connectivity index (χ0) is 19.6. The van der Waals surface area contributed by atoms with Crippen molar-refractivity contribution in [2.24, 2.45) is 0 Å². The Kier molecular flexibility index (Phi) is 5.49. The minimum Gasteiger partial charge on any atom is -0.372 e. The molecule has 3 rings (SSSR count). The van der Waals surface area contributed by atoms with Crippen molar-refractivity contribution in [1.29, 1.82) is 0 Å². The Morgan fingerprint density at radius 2 is 2.07 bits per heavy atom. The molecule has 0 spiro atoms. The molecule has 0 radical (unpaired) electrons. The molecule has 0 aromatic carbocycles. The van der Waals surface area contributed by atoms with Crippen LogP contribution in [0, 0.1) is 0 Å². The quantitative estimate of drug-likeness (QED) is 0.769. The summed E-state index contributed by atoms with van der Waals surface area (Å²) >= 11 is 0. The van der Waals surface area contributed by atoms with Gasteiger partial charge in [0.1, 0.15) is 17.6 Å². The van der Waals surface area contributed by atoms with E-state index >= 15 is 0 Å². The fraction of sp³-hybridized carbons (Fsp3) is 0.562. The number of nitrogens with zero attached hydrogens (tertiary/aromatic N) is 5. The van der Waals surface area contributed by atoms with E-state index < -0.39 is 17.9 Å². The Bertz CT molecular complexity index is 776. The highest BCUT2D eigenvalue weighted by Crippen LogP contribution is 2.34. The summed E-state index contributed by atoms with van der Waals surface area (Å²) in [5.74, 6) is -0.340. The van der Waals surface area contributed by atoms with Gasteiger partial charge in [-0.1, -0.05) is 6.92 Å². The van der Waals surface area contributed by atoms with Crippen LogP contribution in [0.4, 0.5) is 35.0 Å². The monoisotopic (exact) mass is 387 g/mol. The Hall–Kier alpha value is -2.43. The predicted molar refractivity (Wildman–Crippen MR) is 92.8 cm³/mol. The fourth-order valence-corrected chi connectivity index (χ4v) is 3.09. The minimum absolute atomic E-state index is 0.00972. The lowest BCUT2D eigenvalue weighted by atomic mass is 10.0. The molecule has 0 aliphatic carbocycles. The molecule has 7 nitrogen and oxygen atoms in total. The number of rotatable bonds is 5. The van der Waals surface area contributed by atoms with Gasteiger partial charge < -0.3 is 15.5 Å². The fourth-order valence-electron chi connectivity index (χ4n) is 3.09. The third-order valence-electron chi connectivity index (χ3n) is 4.57. The Morgan fingerprint density at radius 1 is 1.30 bits per heavy atom. The van der Waals surface area contributed by atoms with Crippen molar-refractivity contribution < 1.29 is 17.6 Å². The highest BCUT2D eigenvalue weighted by molar-refractivity contribution is 5.55. The van der Waals surface area contributed by atoms with Crippen molar-refractivity contribution in [2.45, 2.75) is 31.7 Å². The van der Waals surface area contributed by atoms with Crippen LogP contribution in [0.3, 0.4) is 0 Å². The molecule has 0 unspecified atom stereocenters. The average molecular weight is 387 g/mol. The number of hydrogen-bond donors (Lipinski definition) is 2. The highest BCUT2D eigenvalue weighted by Gasteiger charge is 2.35. The molecule has 27 heavy (non-hydrogen) atoms. The normalized spacial score (nSPS) is 21.3. The van der Waals surface area contributed by atoms with Crippen LogP contribution in [0.15, 0.2) is 18.6 Å². The molecular weight excluding hydrogens is 366 g/mol. The molecule has 1 aliphatic heterocycles. The number of hydrogen-bond acceptors (Lipinski definition) is 6. The lowest BCUT2D eigenvalue weighted by molar-refractivity contribution is -0.137. The summed E-state index contributed by atoms with van der Waals surface area (Å²) in [6.45, 7) is 3.94. The van der Waals surface area contributed by atoms with Gasteiger partial charge in [0.25, 0.3) is 0 Å². The molecule has 1 saturated heterocycles. The molecule has 11 heteroatoms. The summed E-state index contributed by atoms with van der Waals surface area (Å²) in [6, 6.07) is -0.371. The van der Waals surface area contributed by atoms with Crippen molar-refractivity contribution in [2.75, 3.05) is 37.3 Å². The van der Waals surface area contributed by atoms with Gasteiger partial charge in [-0.05, 0) is 13.0 Å². The summed E-state index contributed by atoms with van der Waals surface area (Å²) < 4.78 is 54.6. The van der Waals surface area contributed by atoms with Crippen molar-refractivity contribution >= 4 is 17.5 Å². The topological polar surface area (TPSA) is 70.9 Å². The number of aromatic nitrogens is 4. The molecule has 0 bridgehead atoms. The molecule has 148 valence electrons. The number of nitrogens with one attached hydrogen (secondary N) is 2. The molecule has 2 aromatic rings. The highest BCUT2D eigenvalue weighted by atomic mass is 19.4. The standard InChI is InChI=1S/C16H21F4N7/c1-3-26-5-4-13(12(17)9-26)27-8-10(6-23-27)24-15-22-7-11(16(18,19)20)14(21-2)25-15/h6-8,12-13H,3-5,9H2,1-2H3,(H2,21,22,24,25)/t12-,13-/m1/s1. The van der Waals surface area contributed by atoms with Crippen molar-refractivity contribution in [3.63, 3.8) is 0 Å². The Labute approximate surface area is 153 Å². The third kappa shape index (κ3) is 4.29. The minimum atomic E-state index is -4.55. The van der Waals surface area contributed by atoms with E-state index in [2.05, 4.69) is 25.7 Å². The maximum Gasteiger partial charge on any atom is 0.421 e. The molecule has 3 heterocycles. The molecule has 1 aliphatic rings. The maximum absolute atomic E-state index is 14.4. The van der Waals surface area contributed by atoms with Gasteiger partial charge in [-0.15, -0.1) is 0 Å². The van der Waals surface area contributed by atoms with Gasteiger partial charge in [-0.3, -0.25) is 4.68 Å². The summed E-state index contributed by atoms with van der Waals surface area (Å²) in [6.07, 6.45) is -1.16. The molecule has 2 aromatic heterocycles. The Morgan fingerprint density at radius 3 is 2.70 bits per heavy atom. The van der Waals surface area contributed by atoms with Crippen LogP contribution in [0.1, 0.15) is 24.9 Å². The van der Waals surface area contributed by atoms with Gasteiger partial charge in [0.2, 0.25) is 5.95 Å². The van der Waals surface area contributed by atoms with Crippen LogP contribution >= 0.6 is 0 Å². The second-order valence-electron chi connectivity index (χ2n) is 6.30. The summed E-state index contributed by atoms with van der Waals surface area (Å²) in [7, 11) is 1.35. The van der Waals surface area contributed by atoms with Gasteiger partial charge in [0, 0.05) is 32.5 Å². The SMILES string of the molecule is CCN1CC[C@@H](n2cc(Nc3ncc(C(F)(F)F)c(NC)n3)cn2)[C@H](F)C1. The average Bonchev–Trinajstić information content (AvgIpc) is 3.08. The van der Waals surface area contributed by atoms with Gasteiger partial charge in [0.05, 0.1) is 17.9 Å². The van der Waals surface area contributed by atoms with E-state index in [1.54, 1.807) is 10.9 Å². The first-order valence-corrected chi connectivity index (χ1v) is 8.61. The lowest BCUT2D eigenvalue weighted by Crippen LogP contribution is -2.42. The number of likely N-dealkylation sites (tertiary alicyclic amines) is 1. The van der Waals surface area contributed by atoms with Gasteiger partial charge in [-0.25, -0.2) is 9.37 Å². The molecule has 2 N–H and O–H groups in total. The van der Waals surface area contributed by atoms with Crippen LogP contribution in [0.25, 0.3) is 0 Å². The number of piperidine rings is 1. The van der Waals surface area contributed by atoms with Crippen LogP contribution in [-0.2, 0) is 6.18 Å². The molecule has 2 atom stereocenters. The smallest absolute Gasteiger partial charge is 0.372 e. The van der Waals surface area contributed by atoms with Crippen molar-refractivity contribution in [3.05, 3.63) is 24.2 Å². The van der Waals surface area contributed by atoms with E-state index in [1.165, 1.54) is 13.2 Å². The maximum atomic E-state index is 14.4. The van der Waals surface area contributed by atoms with E-state index in [-0.39, 0.29) is 17.8 Å². The lowest BCUT2D eigenvalue weighted by Gasteiger charge is -2.33. The first kappa shape index (κ1) is 19.3. The van der Waals surface area contributed by atoms with E-state index in [4.69, 9.17) is 0 Å². The molecule has 1 fully saturated rings. The van der Waals surface area contributed by atoms with Crippen molar-refractivity contribution in [3.8, 4) is 0 Å². The van der Waals surface area contributed by atoms with Crippen LogP contribution < -0.4 is 10.6 Å². The zero-order valence-corrected chi connectivity index (χ0v) is 15.0. The number of alkyl halides is 4. The van der Waals surface area contributed by atoms with E-state index in [9.17, 15) is 17.6 Å². The van der Waals surface area contributed by atoms with Crippen LogP contribution in [0.5, 0.6) is 0 Å². The first-order valence-electron chi connectivity index (χ1n) is 8.61. The zero-order valence-electron chi connectivity index (χ0n) is 15.0.